The van der Waals surface area contributed by atoms with Gasteiger partial charge in [-0.15, -0.1) is 0 Å². The molecule has 0 saturated heterocycles. The fourth-order valence-corrected chi connectivity index (χ4v) is 2.26. The Morgan fingerprint density at radius 3 is 2.84 bits per heavy atom. The van der Waals surface area contributed by atoms with Gasteiger partial charge in [0, 0.05) is 30.4 Å². The highest BCUT2D eigenvalue weighted by Gasteiger charge is 2.15. The summed E-state index contributed by atoms with van der Waals surface area (Å²) in [6, 6.07) is 7.54. The van der Waals surface area contributed by atoms with Crippen LogP contribution in [-0.4, -0.2) is 17.9 Å². The van der Waals surface area contributed by atoms with Crippen LogP contribution in [0.1, 0.15) is 27.0 Å². The molecule has 0 amide bonds. The third-order valence-corrected chi connectivity index (χ3v) is 3.31. The van der Waals surface area contributed by atoms with Gasteiger partial charge in [0.05, 0.1) is 13.3 Å². The van der Waals surface area contributed by atoms with Crippen LogP contribution in [0.15, 0.2) is 36.7 Å². The van der Waals surface area contributed by atoms with Gasteiger partial charge in [-0.2, -0.15) is 0 Å². The lowest BCUT2D eigenvalue weighted by atomic mass is 10.0. The molecule has 0 unspecified atom stereocenters. The van der Waals surface area contributed by atoms with E-state index < -0.39 is 0 Å². The van der Waals surface area contributed by atoms with Gasteiger partial charge >= 0.3 is 0 Å². The molecule has 0 radical (unpaired) electrons. The van der Waals surface area contributed by atoms with Crippen LogP contribution in [0, 0.1) is 0 Å². The largest absolute Gasteiger partial charge is 0.495 e. The van der Waals surface area contributed by atoms with Crippen molar-refractivity contribution >= 4 is 5.78 Å². The summed E-state index contributed by atoms with van der Waals surface area (Å²) >= 11 is 0. The molecule has 96 valence electrons. The molecule has 4 nitrogen and oxygen atoms in total. The third kappa shape index (κ3) is 2.22. The minimum absolute atomic E-state index is 0.0268. The number of fused-ring (bicyclic) bond motifs is 1. The van der Waals surface area contributed by atoms with Gasteiger partial charge in [-0.05, 0) is 23.3 Å². The Bertz CT molecular complexity index is 638. The number of aromatic nitrogens is 1. The number of carbonyl (C=O) groups excluding carboxylic acids is 1. The quantitative estimate of drug-likeness (QED) is 0.850. The smallest absolute Gasteiger partial charge is 0.194 e. The summed E-state index contributed by atoms with van der Waals surface area (Å²) in [5.41, 5.74) is 3.70. The number of carbonyl (C=O) groups is 1. The average Bonchev–Trinajstić information content (AvgIpc) is 2.94. The molecule has 1 aromatic carbocycles. The van der Waals surface area contributed by atoms with Gasteiger partial charge in [0.25, 0.3) is 0 Å². The van der Waals surface area contributed by atoms with Crippen LogP contribution >= 0.6 is 0 Å². The first kappa shape index (κ1) is 11.9. The standard InChI is InChI=1S/C15H14N2O2/c1-19-14-5-13(8-17-9-14)15(18)10-2-3-11-6-16-7-12(11)4-10/h2-5,8-9,16H,6-7H2,1H3. The lowest BCUT2D eigenvalue weighted by Gasteiger charge is -2.05. The van der Waals surface area contributed by atoms with E-state index in [1.54, 1.807) is 25.6 Å². The maximum Gasteiger partial charge on any atom is 0.194 e. The van der Waals surface area contributed by atoms with Crippen LogP contribution in [-0.2, 0) is 13.1 Å². The van der Waals surface area contributed by atoms with Gasteiger partial charge in [0.2, 0.25) is 0 Å². The van der Waals surface area contributed by atoms with Gasteiger partial charge in [-0.1, -0.05) is 12.1 Å². The Balaban J connectivity index is 1.95. The molecule has 0 bridgehead atoms. The molecule has 1 aliphatic heterocycles. The van der Waals surface area contributed by atoms with E-state index in [2.05, 4.69) is 10.3 Å². The number of ether oxygens (including phenoxy) is 1. The molecule has 2 heterocycles. The summed E-state index contributed by atoms with van der Waals surface area (Å²) in [6.07, 6.45) is 3.15. The Morgan fingerprint density at radius 1 is 1.16 bits per heavy atom. The summed E-state index contributed by atoms with van der Waals surface area (Å²) in [6.45, 7) is 1.71. The second kappa shape index (κ2) is 4.82. The molecule has 1 aromatic heterocycles. The highest BCUT2D eigenvalue weighted by atomic mass is 16.5. The first-order chi connectivity index (χ1) is 9.28. The zero-order chi connectivity index (χ0) is 13.2. The molecule has 0 atom stereocenters. The van der Waals surface area contributed by atoms with Gasteiger partial charge in [0.1, 0.15) is 5.75 Å². The van der Waals surface area contributed by atoms with E-state index in [1.807, 2.05) is 18.2 Å². The van der Waals surface area contributed by atoms with Crippen molar-refractivity contribution in [2.75, 3.05) is 7.11 Å². The Labute approximate surface area is 111 Å². The van der Waals surface area contributed by atoms with Crippen LogP contribution in [0.5, 0.6) is 5.75 Å². The molecule has 1 aliphatic rings. The second-order valence-corrected chi connectivity index (χ2v) is 4.53. The van der Waals surface area contributed by atoms with Crippen molar-refractivity contribution in [1.82, 2.24) is 10.3 Å². The predicted molar refractivity (Wildman–Crippen MR) is 71.2 cm³/mol. The molecule has 4 heteroatoms. The van der Waals surface area contributed by atoms with Crippen molar-refractivity contribution in [3.05, 3.63) is 58.9 Å². The van der Waals surface area contributed by atoms with Crippen molar-refractivity contribution in [2.24, 2.45) is 0 Å². The van der Waals surface area contributed by atoms with E-state index in [-0.39, 0.29) is 5.78 Å². The van der Waals surface area contributed by atoms with Crippen LogP contribution in [0.2, 0.25) is 0 Å². The van der Waals surface area contributed by atoms with Crippen LogP contribution in [0.3, 0.4) is 0 Å². The molecule has 0 aliphatic carbocycles. The van der Waals surface area contributed by atoms with E-state index in [4.69, 9.17) is 4.74 Å². The van der Waals surface area contributed by atoms with E-state index in [0.29, 0.717) is 16.9 Å². The Kier molecular flexibility index (Phi) is 3.01. The normalized spacial score (nSPS) is 13.1. The minimum Gasteiger partial charge on any atom is -0.495 e. The molecule has 2 aromatic rings. The minimum atomic E-state index is -0.0268. The van der Waals surface area contributed by atoms with E-state index in [1.165, 1.54) is 11.1 Å². The number of nitrogens with one attached hydrogen (secondary N) is 1. The molecular weight excluding hydrogens is 240 g/mol. The van der Waals surface area contributed by atoms with Gasteiger partial charge in [-0.3, -0.25) is 9.78 Å². The summed E-state index contributed by atoms with van der Waals surface area (Å²) in [5, 5.41) is 3.27. The summed E-state index contributed by atoms with van der Waals surface area (Å²) in [5.74, 6) is 0.565. The molecule has 0 spiro atoms. The first-order valence-corrected chi connectivity index (χ1v) is 6.14. The highest BCUT2D eigenvalue weighted by molar-refractivity contribution is 6.09. The molecule has 0 saturated carbocycles. The SMILES string of the molecule is COc1cncc(C(=O)c2ccc3c(c2)CNC3)c1. The van der Waals surface area contributed by atoms with Crippen molar-refractivity contribution in [1.29, 1.82) is 0 Å². The van der Waals surface area contributed by atoms with Gasteiger partial charge in [-0.25, -0.2) is 0 Å². The van der Waals surface area contributed by atoms with Crippen molar-refractivity contribution in [3.8, 4) is 5.75 Å². The Hall–Kier alpha value is -2.20. The maximum atomic E-state index is 12.4. The summed E-state index contributed by atoms with van der Waals surface area (Å²) in [4.78, 5) is 16.4. The highest BCUT2D eigenvalue weighted by Crippen LogP contribution is 2.20. The van der Waals surface area contributed by atoms with Crippen LogP contribution in [0.4, 0.5) is 0 Å². The van der Waals surface area contributed by atoms with Gasteiger partial charge < -0.3 is 10.1 Å². The third-order valence-electron chi connectivity index (χ3n) is 3.31. The van der Waals surface area contributed by atoms with Crippen LogP contribution in [0.25, 0.3) is 0 Å². The number of benzene rings is 1. The first-order valence-electron chi connectivity index (χ1n) is 6.14. The molecule has 3 rings (SSSR count). The lowest BCUT2D eigenvalue weighted by Crippen LogP contribution is -2.03. The number of hydrogen-bond acceptors (Lipinski definition) is 4. The fraction of sp³-hybridized carbons (Fsp3) is 0.200. The molecule has 0 fully saturated rings. The molecule has 1 N–H and O–H groups in total. The van der Waals surface area contributed by atoms with Crippen molar-refractivity contribution in [2.45, 2.75) is 13.1 Å². The second-order valence-electron chi connectivity index (χ2n) is 4.53. The fourth-order valence-electron chi connectivity index (χ4n) is 2.26. The molecular formula is C15H14N2O2. The zero-order valence-electron chi connectivity index (χ0n) is 10.6. The van der Waals surface area contributed by atoms with Crippen molar-refractivity contribution < 1.29 is 9.53 Å². The van der Waals surface area contributed by atoms with Crippen LogP contribution < -0.4 is 10.1 Å². The monoisotopic (exact) mass is 254 g/mol. The maximum absolute atomic E-state index is 12.4. The van der Waals surface area contributed by atoms with Gasteiger partial charge in [0.15, 0.2) is 5.78 Å². The van der Waals surface area contributed by atoms with E-state index >= 15 is 0 Å². The molecule has 19 heavy (non-hydrogen) atoms. The zero-order valence-corrected chi connectivity index (χ0v) is 10.6. The number of pyridine rings is 1. The number of nitrogens with zero attached hydrogens (tertiary/aromatic N) is 1. The number of ketones is 1. The van der Waals surface area contributed by atoms with E-state index in [9.17, 15) is 4.79 Å². The predicted octanol–water partition coefficient (Wildman–Crippen LogP) is 1.92. The van der Waals surface area contributed by atoms with Crippen molar-refractivity contribution in [3.63, 3.8) is 0 Å². The summed E-state index contributed by atoms with van der Waals surface area (Å²) < 4.78 is 5.09. The lowest BCUT2D eigenvalue weighted by molar-refractivity contribution is 0.103. The summed E-state index contributed by atoms with van der Waals surface area (Å²) in [7, 11) is 1.56. The van der Waals surface area contributed by atoms with E-state index in [0.717, 1.165) is 13.1 Å². The number of hydrogen-bond donors (Lipinski definition) is 1. The number of rotatable bonds is 3. The average molecular weight is 254 g/mol. The topological polar surface area (TPSA) is 51.2 Å². The Morgan fingerprint density at radius 2 is 2.00 bits per heavy atom. The number of methoxy groups -OCH3 is 1.